The second-order valence-electron chi connectivity index (χ2n) is 3.39. The fourth-order valence-corrected chi connectivity index (χ4v) is 1.38. The van der Waals surface area contributed by atoms with E-state index in [2.05, 4.69) is 4.74 Å². The number of aromatic hydroxyl groups is 1. The number of carbonyl (C=O) groups excluding carboxylic acids is 1. The van der Waals surface area contributed by atoms with Crippen molar-refractivity contribution in [2.75, 3.05) is 7.11 Å². The van der Waals surface area contributed by atoms with Crippen LogP contribution in [-0.4, -0.2) is 23.1 Å². The van der Waals surface area contributed by atoms with E-state index in [4.69, 9.17) is 5.73 Å². The predicted molar refractivity (Wildman–Crippen MR) is 58.3 cm³/mol. The lowest BCUT2D eigenvalue weighted by molar-refractivity contribution is -0.385. The van der Waals surface area contributed by atoms with Crippen molar-refractivity contribution in [3.05, 3.63) is 33.9 Å². The summed E-state index contributed by atoms with van der Waals surface area (Å²) in [6, 6.07) is 2.61. The van der Waals surface area contributed by atoms with Crippen LogP contribution in [0.1, 0.15) is 18.0 Å². The number of nitro groups is 1. The highest BCUT2D eigenvalue weighted by atomic mass is 16.6. The van der Waals surface area contributed by atoms with E-state index >= 15 is 0 Å². The number of phenolic OH excluding ortho intramolecular Hbond substituents is 1. The molecule has 1 rings (SSSR count). The van der Waals surface area contributed by atoms with Gasteiger partial charge in [0.1, 0.15) is 5.75 Å². The Hall–Kier alpha value is -2.15. The van der Waals surface area contributed by atoms with Gasteiger partial charge in [-0.3, -0.25) is 14.9 Å². The van der Waals surface area contributed by atoms with Crippen LogP contribution in [-0.2, 0) is 9.53 Å². The number of methoxy groups -OCH3 is 1. The Morgan fingerprint density at radius 1 is 1.65 bits per heavy atom. The van der Waals surface area contributed by atoms with E-state index in [1.54, 1.807) is 0 Å². The molecule has 3 N–H and O–H groups in total. The van der Waals surface area contributed by atoms with Crippen LogP contribution in [0.2, 0.25) is 0 Å². The molecule has 0 saturated carbocycles. The van der Waals surface area contributed by atoms with Gasteiger partial charge in [-0.1, -0.05) is 0 Å². The Balaban J connectivity index is 3.06. The normalized spacial score (nSPS) is 11.9. The molecular formula is C10H12N2O5. The molecule has 1 aromatic carbocycles. The van der Waals surface area contributed by atoms with Crippen LogP contribution in [0.4, 0.5) is 5.69 Å². The molecule has 17 heavy (non-hydrogen) atoms. The third-order valence-electron chi connectivity index (χ3n) is 2.22. The van der Waals surface area contributed by atoms with Crippen LogP contribution in [0, 0.1) is 10.1 Å². The molecule has 0 aliphatic carbocycles. The van der Waals surface area contributed by atoms with E-state index in [1.165, 1.54) is 19.2 Å². The van der Waals surface area contributed by atoms with Crippen molar-refractivity contribution < 1.29 is 19.6 Å². The summed E-state index contributed by atoms with van der Waals surface area (Å²) >= 11 is 0. The number of nitrogens with zero attached hydrogens (tertiary/aromatic N) is 1. The standard InChI is InChI=1S/C10H12N2O5/c1-17-10(14)5-8(11)7-4-6(13)2-3-9(7)12(15)16/h2-4,8,13H,5,11H2,1H3/t8-/m1/s1. The van der Waals surface area contributed by atoms with Gasteiger partial charge in [0.2, 0.25) is 0 Å². The summed E-state index contributed by atoms with van der Waals surface area (Å²) in [5.41, 5.74) is 5.52. The first-order chi connectivity index (χ1) is 7.95. The third kappa shape index (κ3) is 3.15. The van der Waals surface area contributed by atoms with Gasteiger partial charge in [-0.25, -0.2) is 0 Å². The fraction of sp³-hybridized carbons (Fsp3) is 0.300. The lowest BCUT2D eigenvalue weighted by Crippen LogP contribution is -2.17. The summed E-state index contributed by atoms with van der Waals surface area (Å²) in [6.45, 7) is 0. The fourth-order valence-electron chi connectivity index (χ4n) is 1.38. The van der Waals surface area contributed by atoms with E-state index in [0.717, 1.165) is 6.07 Å². The molecule has 0 aliphatic heterocycles. The second-order valence-corrected chi connectivity index (χ2v) is 3.39. The molecule has 0 bridgehead atoms. The van der Waals surface area contributed by atoms with Crippen molar-refractivity contribution >= 4 is 11.7 Å². The minimum absolute atomic E-state index is 0.0976. The second kappa shape index (κ2) is 5.26. The summed E-state index contributed by atoms with van der Waals surface area (Å²) in [7, 11) is 1.20. The van der Waals surface area contributed by atoms with Crippen LogP contribution in [0.5, 0.6) is 5.75 Å². The number of nitrogens with two attached hydrogens (primary N) is 1. The molecule has 0 fully saturated rings. The zero-order valence-electron chi connectivity index (χ0n) is 9.12. The highest BCUT2D eigenvalue weighted by molar-refractivity contribution is 5.70. The maximum Gasteiger partial charge on any atom is 0.307 e. The SMILES string of the molecule is COC(=O)C[C@@H](N)c1cc(O)ccc1[N+](=O)[O-]. The molecular weight excluding hydrogens is 228 g/mol. The first-order valence-electron chi connectivity index (χ1n) is 4.75. The van der Waals surface area contributed by atoms with E-state index in [1.807, 2.05) is 0 Å². The Bertz CT molecular complexity index is 446. The number of benzene rings is 1. The first-order valence-corrected chi connectivity index (χ1v) is 4.75. The van der Waals surface area contributed by atoms with Crippen molar-refractivity contribution in [2.45, 2.75) is 12.5 Å². The number of hydrogen-bond donors (Lipinski definition) is 2. The van der Waals surface area contributed by atoms with Crippen LogP contribution >= 0.6 is 0 Å². The van der Waals surface area contributed by atoms with E-state index in [9.17, 15) is 20.0 Å². The van der Waals surface area contributed by atoms with Crippen molar-refractivity contribution in [3.63, 3.8) is 0 Å². The van der Waals surface area contributed by atoms with E-state index < -0.39 is 16.9 Å². The first kappa shape index (κ1) is 12.9. The van der Waals surface area contributed by atoms with Gasteiger partial charge in [0.15, 0.2) is 0 Å². The zero-order valence-corrected chi connectivity index (χ0v) is 9.12. The number of nitro benzene ring substituents is 1. The Morgan fingerprint density at radius 2 is 2.29 bits per heavy atom. The van der Waals surface area contributed by atoms with Crippen LogP contribution in [0.3, 0.4) is 0 Å². The molecule has 0 spiro atoms. The summed E-state index contributed by atoms with van der Waals surface area (Å²) in [6.07, 6.45) is -0.194. The number of rotatable bonds is 4. The van der Waals surface area contributed by atoms with Gasteiger partial charge in [-0.05, 0) is 12.1 Å². The zero-order chi connectivity index (χ0) is 13.0. The lowest BCUT2D eigenvalue weighted by Gasteiger charge is -2.11. The summed E-state index contributed by atoms with van der Waals surface area (Å²) in [5.74, 6) is -0.721. The molecule has 92 valence electrons. The molecule has 0 aromatic heterocycles. The van der Waals surface area contributed by atoms with Gasteiger partial charge >= 0.3 is 5.97 Å². The quantitative estimate of drug-likeness (QED) is 0.458. The largest absolute Gasteiger partial charge is 0.508 e. The summed E-state index contributed by atoms with van der Waals surface area (Å²) < 4.78 is 4.42. The van der Waals surface area contributed by atoms with Crippen molar-refractivity contribution in [3.8, 4) is 5.75 Å². The summed E-state index contributed by atoms with van der Waals surface area (Å²) in [5, 5.41) is 20.0. The topological polar surface area (TPSA) is 116 Å². The Kier molecular flexibility index (Phi) is 4.00. The molecule has 1 atom stereocenters. The molecule has 0 radical (unpaired) electrons. The molecule has 0 saturated heterocycles. The average molecular weight is 240 g/mol. The highest BCUT2D eigenvalue weighted by Gasteiger charge is 2.22. The summed E-state index contributed by atoms with van der Waals surface area (Å²) in [4.78, 5) is 21.2. The monoisotopic (exact) mass is 240 g/mol. The number of carbonyl (C=O) groups is 1. The third-order valence-corrected chi connectivity index (χ3v) is 2.22. The smallest absolute Gasteiger partial charge is 0.307 e. The van der Waals surface area contributed by atoms with Gasteiger partial charge in [0, 0.05) is 12.1 Å². The molecule has 0 heterocycles. The molecule has 7 heteroatoms. The van der Waals surface area contributed by atoms with Crippen LogP contribution < -0.4 is 5.73 Å². The number of phenols is 1. The predicted octanol–water partition coefficient (Wildman–Crippen LogP) is 0.863. The van der Waals surface area contributed by atoms with Crippen molar-refractivity contribution in [1.29, 1.82) is 0 Å². The minimum Gasteiger partial charge on any atom is -0.508 e. The van der Waals surface area contributed by atoms with Crippen LogP contribution in [0.15, 0.2) is 18.2 Å². The van der Waals surface area contributed by atoms with Crippen LogP contribution in [0.25, 0.3) is 0 Å². The van der Waals surface area contributed by atoms with Gasteiger partial charge in [-0.2, -0.15) is 0 Å². The van der Waals surface area contributed by atoms with Gasteiger partial charge < -0.3 is 15.6 Å². The Labute approximate surface area is 97.0 Å². The minimum atomic E-state index is -0.894. The highest BCUT2D eigenvalue weighted by Crippen LogP contribution is 2.29. The van der Waals surface area contributed by atoms with Gasteiger partial charge in [0.25, 0.3) is 5.69 Å². The van der Waals surface area contributed by atoms with Gasteiger partial charge in [-0.15, -0.1) is 0 Å². The molecule has 1 aromatic rings. The molecule has 0 amide bonds. The van der Waals surface area contributed by atoms with E-state index in [-0.39, 0.29) is 23.4 Å². The average Bonchev–Trinajstić information content (AvgIpc) is 2.28. The van der Waals surface area contributed by atoms with Crippen molar-refractivity contribution in [2.24, 2.45) is 5.73 Å². The number of hydrogen-bond acceptors (Lipinski definition) is 6. The molecule has 7 nitrogen and oxygen atoms in total. The van der Waals surface area contributed by atoms with Gasteiger partial charge in [0.05, 0.1) is 24.0 Å². The molecule has 0 unspecified atom stereocenters. The van der Waals surface area contributed by atoms with E-state index in [0.29, 0.717) is 0 Å². The number of esters is 1. The number of ether oxygens (including phenoxy) is 1. The van der Waals surface area contributed by atoms with Crippen molar-refractivity contribution in [1.82, 2.24) is 0 Å². The maximum absolute atomic E-state index is 11.0. The lowest BCUT2D eigenvalue weighted by atomic mass is 10.0. The Morgan fingerprint density at radius 3 is 2.82 bits per heavy atom. The molecule has 0 aliphatic rings. The maximum atomic E-state index is 11.0.